The monoisotopic (exact) mass is 378 g/mol. The summed E-state index contributed by atoms with van der Waals surface area (Å²) in [7, 11) is 1.76. The van der Waals surface area contributed by atoms with E-state index < -0.39 is 12.1 Å². The molecule has 0 aliphatic heterocycles. The van der Waals surface area contributed by atoms with E-state index in [-0.39, 0.29) is 12.5 Å². The average molecular weight is 378 g/mol. The van der Waals surface area contributed by atoms with Gasteiger partial charge in [0.2, 0.25) is 5.91 Å². The van der Waals surface area contributed by atoms with Crippen LogP contribution in [0.15, 0.2) is 72.9 Å². The second-order valence-electron chi connectivity index (χ2n) is 6.31. The Kier molecular flexibility index (Phi) is 6.41. The van der Waals surface area contributed by atoms with Crippen LogP contribution in [0.4, 0.5) is 10.6 Å². The molecule has 3 aromatic rings. The smallest absolute Gasteiger partial charge is 0.408 e. The predicted molar refractivity (Wildman–Crippen MR) is 106 cm³/mol. The number of aryl methyl sites for hydroxylation is 1. The minimum Gasteiger partial charge on any atom is -0.445 e. The van der Waals surface area contributed by atoms with Crippen LogP contribution in [-0.2, 0) is 29.6 Å². The van der Waals surface area contributed by atoms with E-state index in [9.17, 15) is 9.59 Å². The van der Waals surface area contributed by atoms with Gasteiger partial charge < -0.3 is 15.4 Å². The summed E-state index contributed by atoms with van der Waals surface area (Å²) in [6.07, 6.45) is 1.41. The molecule has 0 radical (unpaired) electrons. The normalized spacial score (nSPS) is 11.5. The summed E-state index contributed by atoms with van der Waals surface area (Å²) < 4.78 is 6.84. The summed E-state index contributed by atoms with van der Waals surface area (Å²) in [5.74, 6) is 0.0595. The van der Waals surface area contributed by atoms with E-state index in [4.69, 9.17) is 4.74 Å². The summed E-state index contributed by atoms with van der Waals surface area (Å²) in [4.78, 5) is 25.0. The van der Waals surface area contributed by atoms with Gasteiger partial charge in [0, 0.05) is 25.7 Å². The van der Waals surface area contributed by atoms with Gasteiger partial charge in [0.05, 0.1) is 0 Å². The van der Waals surface area contributed by atoms with E-state index in [1.807, 2.05) is 60.7 Å². The number of benzene rings is 2. The van der Waals surface area contributed by atoms with Crippen molar-refractivity contribution in [2.75, 3.05) is 5.32 Å². The number of anilines is 1. The maximum absolute atomic E-state index is 12.7. The minimum absolute atomic E-state index is 0.132. The van der Waals surface area contributed by atoms with Crippen molar-refractivity contribution in [1.29, 1.82) is 0 Å². The minimum atomic E-state index is -0.798. The van der Waals surface area contributed by atoms with E-state index in [0.29, 0.717) is 12.2 Å². The second kappa shape index (κ2) is 9.36. The molecule has 0 aliphatic carbocycles. The van der Waals surface area contributed by atoms with Crippen LogP contribution < -0.4 is 10.6 Å². The number of alkyl carbamates (subject to hydrolysis) is 1. The zero-order valence-corrected chi connectivity index (χ0v) is 15.5. The number of carbonyl (C=O) groups excluding carboxylic acids is 2. The molecule has 3 rings (SSSR count). The summed E-state index contributed by atoms with van der Waals surface area (Å²) in [6.45, 7) is 0.132. The molecule has 1 aromatic heterocycles. The van der Waals surface area contributed by atoms with E-state index >= 15 is 0 Å². The molecule has 1 heterocycles. The van der Waals surface area contributed by atoms with Crippen molar-refractivity contribution in [3.05, 3.63) is 84.1 Å². The van der Waals surface area contributed by atoms with E-state index in [0.717, 1.165) is 11.1 Å². The average Bonchev–Trinajstić information content (AvgIpc) is 3.12. The van der Waals surface area contributed by atoms with Gasteiger partial charge in [-0.25, -0.2) is 4.79 Å². The Bertz CT molecular complexity index is 910. The third kappa shape index (κ3) is 5.70. The highest BCUT2D eigenvalue weighted by Gasteiger charge is 2.22. The summed E-state index contributed by atoms with van der Waals surface area (Å²) in [5.41, 5.74) is 1.79. The Labute approximate surface area is 163 Å². The number of rotatable bonds is 7. The van der Waals surface area contributed by atoms with Crippen molar-refractivity contribution in [2.45, 2.75) is 19.1 Å². The number of amides is 2. The molecule has 7 heteroatoms. The third-order valence-corrected chi connectivity index (χ3v) is 4.07. The van der Waals surface area contributed by atoms with Crippen LogP contribution in [0.3, 0.4) is 0 Å². The molecule has 0 aliphatic rings. The fourth-order valence-electron chi connectivity index (χ4n) is 2.66. The van der Waals surface area contributed by atoms with Crippen molar-refractivity contribution in [1.82, 2.24) is 15.1 Å². The van der Waals surface area contributed by atoms with Crippen molar-refractivity contribution < 1.29 is 14.3 Å². The summed E-state index contributed by atoms with van der Waals surface area (Å²) >= 11 is 0. The molecule has 7 nitrogen and oxygen atoms in total. The molecule has 2 amide bonds. The molecule has 0 saturated carbocycles. The molecule has 2 aromatic carbocycles. The zero-order chi connectivity index (χ0) is 19.8. The van der Waals surface area contributed by atoms with Crippen molar-refractivity contribution in [3.8, 4) is 0 Å². The van der Waals surface area contributed by atoms with Gasteiger partial charge in [-0.2, -0.15) is 5.10 Å². The molecule has 0 fully saturated rings. The molecule has 28 heavy (non-hydrogen) atoms. The molecule has 0 saturated heterocycles. The van der Waals surface area contributed by atoms with Crippen LogP contribution in [-0.4, -0.2) is 27.8 Å². The van der Waals surface area contributed by atoms with E-state index in [2.05, 4.69) is 15.7 Å². The van der Waals surface area contributed by atoms with Crippen LogP contribution >= 0.6 is 0 Å². The SMILES string of the molecule is Cn1ccc(NC(=O)[C@@H](Cc2ccccc2)NC(=O)OCc2ccccc2)n1. The maximum Gasteiger partial charge on any atom is 0.408 e. The fraction of sp³-hybridized carbons (Fsp3) is 0.190. The van der Waals surface area contributed by atoms with Gasteiger partial charge in [0.1, 0.15) is 12.6 Å². The van der Waals surface area contributed by atoms with E-state index in [1.165, 1.54) is 0 Å². The van der Waals surface area contributed by atoms with Gasteiger partial charge in [-0.3, -0.25) is 9.48 Å². The number of carbonyl (C=O) groups is 2. The highest BCUT2D eigenvalue weighted by atomic mass is 16.5. The van der Waals surface area contributed by atoms with Crippen LogP contribution in [0.1, 0.15) is 11.1 Å². The standard InChI is InChI=1S/C21H22N4O3/c1-25-13-12-19(24-25)23-20(26)18(14-16-8-4-2-5-9-16)22-21(27)28-15-17-10-6-3-7-11-17/h2-13,18H,14-15H2,1H3,(H,22,27)(H,23,24,26)/t18-/m1/s1. The van der Waals surface area contributed by atoms with Crippen LogP contribution in [0.5, 0.6) is 0 Å². The quantitative estimate of drug-likeness (QED) is 0.662. The lowest BCUT2D eigenvalue weighted by Crippen LogP contribution is -2.45. The van der Waals surface area contributed by atoms with Gasteiger partial charge in [-0.05, 0) is 11.1 Å². The Hall–Kier alpha value is -3.61. The Morgan fingerprint density at radius 1 is 1.00 bits per heavy atom. The molecule has 2 N–H and O–H groups in total. The van der Waals surface area contributed by atoms with Gasteiger partial charge in [0.25, 0.3) is 0 Å². The summed E-state index contributed by atoms with van der Waals surface area (Å²) in [5, 5.41) is 9.51. The largest absolute Gasteiger partial charge is 0.445 e. The lowest BCUT2D eigenvalue weighted by Gasteiger charge is -2.18. The number of ether oxygens (including phenoxy) is 1. The third-order valence-electron chi connectivity index (χ3n) is 4.07. The van der Waals surface area contributed by atoms with Crippen molar-refractivity contribution in [2.24, 2.45) is 7.05 Å². The number of hydrogen-bond acceptors (Lipinski definition) is 4. The van der Waals surface area contributed by atoms with E-state index in [1.54, 1.807) is 24.0 Å². The highest BCUT2D eigenvalue weighted by molar-refractivity contribution is 5.96. The van der Waals surface area contributed by atoms with Crippen molar-refractivity contribution >= 4 is 17.8 Å². The lowest BCUT2D eigenvalue weighted by molar-refractivity contribution is -0.118. The lowest BCUT2D eigenvalue weighted by atomic mass is 10.1. The molecule has 0 unspecified atom stereocenters. The molecule has 1 atom stereocenters. The number of nitrogens with one attached hydrogen (secondary N) is 2. The van der Waals surface area contributed by atoms with Gasteiger partial charge in [0.15, 0.2) is 5.82 Å². The van der Waals surface area contributed by atoms with Crippen LogP contribution in [0.2, 0.25) is 0 Å². The first kappa shape index (κ1) is 19.2. The van der Waals surface area contributed by atoms with Gasteiger partial charge in [-0.1, -0.05) is 60.7 Å². The zero-order valence-electron chi connectivity index (χ0n) is 15.5. The Morgan fingerprint density at radius 3 is 2.25 bits per heavy atom. The number of hydrogen-bond donors (Lipinski definition) is 2. The second-order valence-corrected chi connectivity index (χ2v) is 6.31. The van der Waals surface area contributed by atoms with Crippen LogP contribution in [0, 0.1) is 0 Å². The highest BCUT2D eigenvalue weighted by Crippen LogP contribution is 2.08. The maximum atomic E-state index is 12.7. The number of nitrogens with zero attached hydrogens (tertiary/aromatic N) is 2. The predicted octanol–water partition coefficient (Wildman–Crippen LogP) is 2.90. The first-order valence-corrected chi connectivity index (χ1v) is 8.92. The van der Waals surface area contributed by atoms with Gasteiger partial charge in [-0.15, -0.1) is 0 Å². The Morgan fingerprint density at radius 2 is 1.64 bits per heavy atom. The first-order valence-electron chi connectivity index (χ1n) is 8.92. The summed E-state index contributed by atoms with van der Waals surface area (Å²) in [6, 6.07) is 19.7. The number of aromatic nitrogens is 2. The van der Waals surface area contributed by atoms with Crippen LogP contribution in [0.25, 0.3) is 0 Å². The molecular weight excluding hydrogens is 356 g/mol. The Balaban J connectivity index is 1.64. The molecular formula is C21H22N4O3. The molecule has 0 bridgehead atoms. The topological polar surface area (TPSA) is 85.2 Å². The molecule has 144 valence electrons. The van der Waals surface area contributed by atoms with Gasteiger partial charge >= 0.3 is 6.09 Å². The fourth-order valence-corrected chi connectivity index (χ4v) is 2.66. The van der Waals surface area contributed by atoms with Crippen molar-refractivity contribution in [3.63, 3.8) is 0 Å². The molecule has 0 spiro atoms. The first-order chi connectivity index (χ1) is 13.6.